The van der Waals surface area contributed by atoms with Crippen molar-refractivity contribution < 1.29 is 18.1 Å². The van der Waals surface area contributed by atoms with Crippen molar-refractivity contribution in [2.24, 2.45) is 0 Å². The van der Waals surface area contributed by atoms with E-state index < -0.39 is 28.4 Å². The van der Waals surface area contributed by atoms with Gasteiger partial charge in [-0.2, -0.15) is 23.1 Å². The number of aromatic nitrogens is 3. The van der Waals surface area contributed by atoms with E-state index in [9.17, 15) is 23.3 Å². The summed E-state index contributed by atoms with van der Waals surface area (Å²) in [6.45, 7) is 8.24. The van der Waals surface area contributed by atoms with Crippen molar-refractivity contribution in [3.63, 3.8) is 0 Å². The summed E-state index contributed by atoms with van der Waals surface area (Å²) in [7, 11) is 1.64. The van der Waals surface area contributed by atoms with Crippen LogP contribution in [-0.4, -0.2) is 64.5 Å². The van der Waals surface area contributed by atoms with Gasteiger partial charge in [0.05, 0.1) is 33.8 Å². The maximum atomic E-state index is 13.4. The third-order valence-corrected chi connectivity index (χ3v) is 6.72. The monoisotopic (exact) mass is 523 g/mol. The van der Waals surface area contributed by atoms with Gasteiger partial charge in [-0.1, -0.05) is 6.92 Å². The molecule has 0 unspecified atom stereocenters. The van der Waals surface area contributed by atoms with Gasteiger partial charge >= 0.3 is 6.18 Å². The maximum Gasteiger partial charge on any atom is 0.416 e. The zero-order valence-corrected chi connectivity index (χ0v) is 20.7. The molecule has 13 heteroatoms. The molecule has 1 atom stereocenters. The standard InChI is InChI=1S/C23H25ClF3N7O2/c1-4-32-5-7-33(8-6-32)18-12-19-20(28-13-18)29-22(24)30-21(19)31(3)14(2)15-9-16(23(25,26)27)11-17(10-15)34(35)36/h9-14H,4-8H2,1-3H3/t14-/m1/s1. The molecule has 1 fully saturated rings. The highest BCUT2D eigenvalue weighted by Crippen LogP contribution is 2.37. The van der Waals surface area contributed by atoms with E-state index in [0.29, 0.717) is 22.9 Å². The van der Waals surface area contributed by atoms with Crippen molar-refractivity contribution >= 4 is 39.8 Å². The fraction of sp³-hybridized carbons (Fsp3) is 0.435. The molecule has 3 heterocycles. The number of anilines is 2. The van der Waals surface area contributed by atoms with Crippen LogP contribution in [0.3, 0.4) is 0 Å². The van der Waals surface area contributed by atoms with Crippen LogP contribution in [0.1, 0.15) is 31.0 Å². The Balaban J connectivity index is 1.74. The number of piperazine rings is 1. The Morgan fingerprint density at radius 2 is 1.86 bits per heavy atom. The molecule has 0 aliphatic carbocycles. The predicted octanol–water partition coefficient (Wildman–Crippen LogP) is 4.94. The number of likely N-dealkylation sites (N-methyl/N-ethyl adjacent to an activating group) is 1. The maximum absolute atomic E-state index is 13.4. The SMILES string of the molecule is CCN1CCN(c2cnc3nc(Cl)nc(N(C)[C@H](C)c4cc([N+](=O)[O-])cc(C(F)(F)F)c4)c3c2)CC1. The Morgan fingerprint density at radius 3 is 2.47 bits per heavy atom. The number of alkyl halides is 3. The lowest BCUT2D eigenvalue weighted by molar-refractivity contribution is -0.385. The quantitative estimate of drug-likeness (QED) is 0.255. The highest BCUT2D eigenvalue weighted by Gasteiger charge is 2.34. The number of fused-ring (bicyclic) bond motifs is 1. The van der Waals surface area contributed by atoms with Crippen molar-refractivity contribution in [1.82, 2.24) is 19.9 Å². The van der Waals surface area contributed by atoms with Crippen LogP contribution in [0, 0.1) is 10.1 Å². The molecular weight excluding hydrogens is 499 g/mol. The van der Waals surface area contributed by atoms with Crippen LogP contribution < -0.4 is 9.80 Å². The molecular formula is C23H25ClF3N7O2. The van der Waals surface area contributed by atoms with Crippen molar-refractivity contribution in [2.75, 3.05) is 49.6 Å². The Hall–Kier alpha value is -3.25. The summed E-state index contributed by atoms with van der Waals surface area (Å²) in [6, 6.07) is 3.76. The van der Waals surface area contributed by atoms with E-state index >= 15 is 0 Å². The minimum atomic E-state index is -4.73. The number of benzene rings is 1. The largest absolute Gasteiger partial charge is 0.416 e. The summed E-state index contributed by atoms with van der Waals surface area (Å²) in [6.07, 6.45) is -3.01. The van der Waals surface area contributed by atoms with Crippen LogP contribution in [0.4, 0.5) is 30.4 Å². The molecule has 2 aromatic heterocycles. The first kappa shape index (κ1) is 25.8. The van der Waals surface area contributed by atoms with Crippen molar-refractivity contribution in [3.8, 4) is 0 Å². The fourth-order valence-corrected chi connectivity index (χ4v) is 4.44. The number of rotatable bonds is 6. The van der Waals surface area contributed by atoms with Gasteiger partial charge in [0.2, 0.25) is 5.28 Å². The van der Waals surface area contributed by atoms with Crippen molar-refractivity contribution in [2.45, 2.75) is 26.1 Å². The zero-order chi connectivity index (χ0) is 26.2. The molecule has 0 saturated carbocycles. The second-order valence-electron chi connectivity index (χ2n) is 8.66. The molecule has 0 radical (unpaired) electrons. The van der Waals surface area contributed by atoms with Gasteiger partial charge in [-0.05, 0) is 42.8 Å². The zero-order valence-electron chi connectivity index (χ0n) is 20.0. The molecule has 0 N–H and O–H groups in total. The molecule has 4 rings (SSSR count). The van der Waals surface area contributed by atoms with Gasteiger partial charge in [0.1, 0.15) is 5.82 Å². The third-order valence-electron chi connectivity index (χ3n) is 6.55. The summed E-state index contributed by atoms with van der Waals surface area (Å²) in [5.41, 5.74) is -0.397. The number of hydrogen-bond donors (Lipinski definition) is 0. The third kappa shape index (κ3) is 5.29. The number of nitro groups is 1. The van der Waals surface area contributed by atoms with Gasteiger partial charge in [-0.15, -0.1) is 0 Å². The van der Waals surface area contributed by atoms with Crippen molar-refractivity contribution in [3.05, 3.63) is 57.0 Å². The molecule has 0 spiro atoms. The molecule has 0 amide bonds. The number of non-ortho nitro benzene ring substituents is 1. The lowest BCUT2D eigenvalue weighted by Gasteiger charge is -2.35. The summed E-state index contributed by atoms with van der Waals surface area (Å²) >= 11 is 6.15. The number of nitro benzene ring substituents is 1. The van der Waals surface area contributed by atoms with E-state index in [1.807, 2.05) is 6.07 Å². The van der Waals surface area contributed by atoms with Crippen LogP contribution >= 0.6 is 11.6 Å². The molecule has 0 bridgehead atoms. The number of pyridine rings is 1. The molecule has 192 valence electrons. The Morgan fingerprint density at radius 1 is 1.17 bits per heavy atom. The van der Waals surface area contributed by atoms with E-state index in [4.69, 9.17) is 11.6 Å². The second kappa shape index (κ2) is 10.0. The van der Waals surface area contributed by atoms with E-state index in [0.717, 1.165) is 50.5 Å². The van der Waals surface area contributed by atoms with Crippen LogP contribution in [0.5, 0.6) is 0 Å². The van der Waals surface area contributed by atoms with Gasteiger partial charge in [0, 0.05) is 45.4 Å². The summed E-state index contributed by atoms with van der Waals surface area (Å²) in [4.78, 5) is 29.7. The molecule has 9 nitrogen and oxygen atoms in total. The number of hydrogen-bond acceptors (Lipinski definition) is 8. The lowest BCUT2D eigenvalue weighted by atomic mass is 10.0. The number of nitrogens with zero attached hydrogens (tertiary/aromatic N) is 7. The van der Waals surface area contributed by atoms with Gasteiger partial charge < -0.3 is 14.7 Å². The number of halogens is 4. The van der Waals surface area contributed by atoms with Gasteiger partial charge in [-0.25, -0.2) is 4.98 Å². The molecule has 1 aliphatic rings. The Labute approximate surface area is 210 Å². The first-order chi connectivity index (χ1) is 17.0. The Bertz CT molecular complexity index is 1280. The lowest BCUT2D eigenvalue weighted by Crippen LogP contribution is -2.46. The van der Waals surface area contributed by atoms with Crippen molar-refractivity contribution in [1.29, 1.82) is 0 Å². The minimum absolute atomic E-state index is 0.0663. The molecule has 3 aromatic rings. The van der Waals surface area contributed by atoms with Gasteiger partial charge in [0.25, 0.3) is 5.69 Å². The molecule has 1 aliphatic heterocycles. The summed E-state index contributed by atoms with van der Waals surface area (Å²) < 4.78 is 40.3. The summed E-state index contributed by atoms with van der Waals surface area (Å²) in [5.74, 6) is 0.360. The van der Waals surface area contributed by atoms with Gasteiger partial charge in [-0.3, -0.25) is 10.1 Å². The topological polar surface area (TPSA) is 91.5 Å². The highest BCUT2D eigenvalue weighted by atomic mass is 35.5. The fourth-order valence-electron chi connectivity index (χ4n) is 4.28. The second-order valence-corrected chi connectivity index (χ2v) is 9.00. The normalized spacial score (nSPS) is 15.8. The van der Waals surface area contributed by atoms with E-state index in [1.54, 1.807) is 25.1 Å². The van der Waals surface area contributed by atoms with Gasteiger partial charge in [0.15, 0.2) is 5.65 Å². The first-order valence-corrected chi connectivity index (χ1v) is 11.8. The van der Waals surface area contributed by atoms with Crippen LogP contribution in [0.25, 0.3) is 11.0 Å². The van der Waals surface area contributed by atoms with Crippen LogP contribution in [-0.2, 0) is 6.18 Å². The van der Waals surface area contributed by atoms with E-state index in [2.05, 4.69) is 31.7 Å². The van der Waals surface area contributed by atoms with E-state index in [-0.39, 0.29) is 10.8 Å². The molecule has 1 saturated heterocycles. The molecule has 1 aromatic carbocycles. The average molecular weight is 524 g/mol. The van der Waals surface area contributed by atoms with Crippen LogP contribution in [0.2, 0.25) is 5.28 Å². The summed E-state index contributed by atoms with van der Waals surface area (Å²) in [5, 5.41) is 11.8. The average Bonchev–Trinajstić information content (AvgIpc) is 2.86. The van der Waals surface area contributed by atoms with Crippen LogP contribution in [0.15, 0.2) is 30.5 Å². The minimum Gasteiger partial charge on any atom is -0.368 e. The first-order valence-electron chi connectivity index (χ1n) is 11.4. The smallest absolute Gasteiger partial charge is 0.368 e. The van der Waals surface area contributed by atoms with E-state index in [1.165, 1.54) is 0 Å². The molecule has 36 heavy (non-hydrogen) atoms. The Kier molecular flexibility index (Phi) is 7.19. The highest BCUT2D eigenvalue weighted by molar-refractivity contribution is 6.28. The predicted molar refractivity (Wildman–Crippen MR) is 132 cm³/mol.